The zero-order valence-electron chi connectivity index (χ0n) is 17.0. The number of hydrogen-bond acceptors (Lipinski definition) is 7. The number of ether oxygens (including phenoxy) is 1. The number of piperidine rings is 2. The van der Waals surface area contributed by atoms with Gasteiger partial charge in [-0.2, -0.15) is 4.98 Å². The van der Waals surface area contributed by atoms with Gasteiger partial charge >= 0.3 is 0 Å². The molecule has 156 valence electrons. The average Bonchev–Trinajstić information content (AvgIpc) is 3.18. The van der Waals surface area contributed by atoms with Gasteiger partial charge in [-0.25, -0.2) is 0 Å². The van der Waals surface area contributed by atoms with Crippen molar-refractivity contribution < 1.29 is 14.1 Å². The molecule has 1 atom stereocenters. The Bertz CT molecular complexity index is 638. The predicted octanol–water partition coefficient (Wildman–Crippen LogP) is 0.992. The van der Waals surface area contributed by atoms with Gasteiger partial charge in [0.2, 0.25) is 11.8 Å². The highest BCUT2D eigenvalue weighted by Crippen LogP contribution is 2.27. The van der Waals surface area contributed by atoms with Gasteiger partial charge in [-0.15, -0.1) is 0 Å². The molecule has 8 nitrogen and oxygen atoms in total. The lowest BCUT2D eigenvalue weighted by molar-refractivity contribution is -0.134. The van der Waals surface area contributed by atoms with Gasteiger partial charge in [-0.3, -0.25) is 9.69 Å². The van der Waals surface area contributed by atoms with Crippen LogP contribution in [-0.2, 0) is 16.0 Å². The topological polar surface area (TPSA) is 74.9 Å². The number of nitrogens with zero attached hydrogens (tertiary/aromatic N) is 5. The van der Waals surface area contributed by atoms with Crippen LogP contribution >= 0.6 is 0 Å². The van der Waals surface area contributed by atoms with E-state index in [2.05, 4.69) is 22.0 Å². The van der Waals surface area contributed by atoms with Gasteiger partial charge in [-0.05, 0) is 45.3 Å². The first-order valence-electron chi connectivity index (χ1n) is 10.8. The largest absolute Gasteiger partial charge is 0.379 e. The fourth-order valence-corrected chi connectivity index (χ4v) is 4.46. The average molecular weight is 392 g/mol. The van der Waals surface area contributed by atoms with Gasteiger partial charge in [0, 0.05) is 45.6 Å². The molecule has 0 bridgehead atoms. The Kier molecular flexibility index (Phi) is 6.59. The highest BCUT2D eigenvalue weighted by atomic mass is 16.5. The quantitative estimate of drug-likeness (QED) is 0.716. The van der Waals surface area contributed by atoms with Crippen molar-refractivity contribution in [3.8, 4) is 0 Å². The lowest BCUT2D eigenvalue weighted by Crippen LogP contribution is -2.46. The summed E-state index contributed by atoms with van der Waals surface area (Å²) in [5, 5.41) is 4.24. The van der Waals surface area contributed by atoms with Crippen molar-refractivity contribution in [2.45, 2.75) is 38.0 Å². The summed E-state index contributed by atoms with van der Waals surface area (Å²) in [4.78, 5) is 23.8. The van der Waals surface area contributed by atoms with Gasteiger partial charge in [0.1, 0.15) is 0 Å². The number of morpholine rings is 1. The minimum absolute atomic E-state index is 0.168. The van der Waals surface area contributed by atoms with Gasteiger partial charge in [0.05, 0.1) is 19.1 Å². The van der Waals surface area contributed by atoms with Crippen LogP contribution in [0.25, 0.3) is 0 Å². The molecule has 3 aliphatic rings. The molecule has 8 heteroatoms. The monoisotopic (exact) mass is 391 g/mol. The van der Waals surface area contributed by atoms with E-state index in [1.165, 1.54) is 12.8 Å². The molecule has 3 aliphatic heterocycles. The number of hydrogen-bond donors (Lipinski definition) is 0. The molecule has 0 unspecified atom stereocenters. The first-order valence-corrected chi connectivity index (χ1v) is 10.8. The molecule has 4 heterocycles. The predicted molar refractivity (Wildman–Crippen MR) is 104 cm³/mol. The first kappa shape index (κ1) is 19.8. The molecule has 0 aliphatic carbocycles. The zero-order chi connectivity index (χ0) is 19.3. The molecular weight excluding hydrogens is 358 g/mol. The molecule has 1 amide bonds. The lowest BCUT2D eigenvalue weighted by atomic mass is 9.93. The van der Waals surface area contributed by atoms with E-state index in [9.17, 15) is 4.79 Å². The summed E-state index contributed by atoms with van der Waals surface area (Å²) in [5.74, 6) is 2.62. The SMILES string of the molecule is CN1CCC(Cc2noc([C@@H]3CCC(=O)N(CCN4CCOCC4)C3)n2)CC1. The Hall–Kier alpha value is -1.51. The highest BCUT2D eigenvalue weighted by Gasteiger charge is 2.31. The number of rotatable bonds is 6. The van der Waals surface area contributed by atoms with Crippen LogP contribution in [0.3, 0.4) is 0 Å². The molecule has 1 aromatic rings. The van der Waals surface area contributed by atoms with Crippen LogP contribution in [0.4, 0.5) is 0 Å². The maximum Gasteiger partial charge on any atom is 0.231 e. The Morgan fingerprint density at radius 2 is 1.86 bits per heavy atom. The molecule has 0 spiro atoms. The molecule has 28 heavy (non-hydrogen) atoms. The van der Waals surface area contributed by atoms with Gasteiger partial charge < -0.3 is 19.1 Å². The Balaban J connectivity index is 1.29. The number of aromatic nitrogens is 2. The molecule has 0 radical (unpaired) electrons. The molecule has 0 saturated carbocycles. The molecule has 3 fully saturated rings. The van der Waals surface area contributed by atoms with E-state index in [0.29, 0.717) is 24.8 Å². The van der Waals surface area contributed by atoms with Crippen LogP contribution in [0.15, 0.2) is 4.52 Å². The lowest BCUT2D eigenvalue weighted by Gasteiger charge is -2.34. The number of carbonyl (C=O) groups excluding carboxylic acids is 1. The molecule has 0 N–H and O–H groups in total. The van der Waals surface area contributed by atoms with E-state index in [0.717, 1.165) is 71.1 Å². The van der Waals surface area contributed by atoms with Crippen molar-refractivity contribution in [3.05, 3.63) is 11.7 Å². The fourth-order valence-electron chi connectivity index (χ4n) is 4.46. The van der Waals surface area contributed by atoms with Gasteiger partial charge in [0.25, 0.3) is 0 Å². The third-order valence-corrected chi connectivity index (χ3v) is 6.43. The van der Waals surface area contributed by atoms with Crippen molar-refractivity contribution in [3.63, 3.8) is 0 Å². The summed E-state index contributed by atoms with van der Waals surface area (Å²) in [5.41, 5.74) is 0. The molecule has 1 aromatic heterocycles. The van der Waals surface area contributed by atoms with Gasteiger partial charge in [0.15, 0.2) is 5.82 Å². The van der Waals surface area contributed by atoms with Crippen LogP contribution in [0.2, 0.25) is 0 Å². The van der Waals surface area contributed by atoms with Crippen LogP contribution in [0.1, 0.15) is 43.3 Å². The van der Waals surface area contributed by atoms with Gasteiger partial charge in [-0.1, -0.05) is 5.16 Å². The maximum atomic E-state index is 12.4. The third kappa shape index (κ3) is 5.10. The Morgan fingerprint density at radius 1 is 1.07 bits per heavy atom. The minimum Gasteiger partial charge on any atom is -0.379 e. The Labute approximate surface area is 167 Å². The van der Waals surface area contributed by atoms with E-state index in [1.54, 1.807) is 0 Å². The number of amides is 1. The second kappa shape index (κ2) is 9.33. The standard InChI is InChI=1S/C20H33N5O3/c1-23-6-4-16(5-7-23)14-18-21-20(28-22-18)17-2-3-19(26)25(15-17)9-8-24-10-12-27-13-11-24/h16-17H,2-15H2,1H3/t17-/m1/s1. The Morgan fingerprint density at radius 3 is 2.64 bits per heavy atom. The van der Waals surface area contributed by atoms with Crippen molar-refractivity contribution in [2.75, 3.05) is 66.1 Å². The molecule has 0 aromatic carbocycles. The van der Waals surface area contributed by atoms with E-state index in [-0.39, 0.29) is 11.8 Å². The zero-order valence-corrected chi connectivity index (χ0v) is 17.0. The number of likely N-dealkylation sites (tertiary alicyclic amines) is 2. The van der Waals surface area contributed by atoms with Crippen LogP contribution in [-0.4, -0.2) is 96.8 Å². The first-order chi connectivity index (χ1) is 13.7. The molecule has 3 saturated heterocycles. The van der Waals surface area contributed by atoms with Crippen molar-refractivity contribution in [2.24, 2.45) is 5.92 Å². The summed E-state index contributed by atoms with van der Waals surface area (Å²) in [6.07, 6.45) is 4.69. The second-order valence-electron chi connectivity index (χ2n) is 8.53. The maximum absolute atomic E-state index is 12.4. The summed E-state index contributed by atoms with van der Waals surface area (Å²) in [6, 6.07) is 0. The second-order valence-corrected chi connectivity index (χ2v) is 8.53. The molecular formula is C20H33N5O3. The van der Waals surface area contributed by atoms with E-state index in [4.69, 9.17) is 14.2 Å². The summed E-state index contributed by atoms with van der Waals surface area (Å²) in [7, 11) is 2.18. The van der Waals surface area contributed by atoms with E-state index < -0.39 is 0 Å². The molecule has 4 rings (SSSR count). The normalized spacial score (nSPS) is 26.1. The van der Waals surface area contributed by atoms with Crippen molar-refractivity contribution in [1.82, 2.24) is 24.8 Å². The van der Waals surface area contributed by atoms with E-state index in [1.807, 2.05) is 4.90 Å². The van der Waals surface area contributed by atoms with E-state index >= 15 is 0 Å². The van der Waals surface area contributed by atoms with Crippen LogP contribution in [0.5, 0.6) is 0 Å². The van der Waals surface area contributed by atoms with Crippen molar-refractivity contribution in [1.29, 1.82) is 0 Å². The third-order valence-electron chi connectivity index (χ3n) is 6.43. The summed E-state index contributed by atoms with van der Waals surface area (Å²) < 4.78 is 11.0. The summed E-state index contributed by atoms with van der Waals surface area (Å²) in [6.45, 7) is 8.16. The fraction of sp³-hybridized carbons (Fsp3) is 0.850. The highest BCUT2D eigenvalue weighted by molar-refractivity contribution is 5.77. The van der Waals surface area contributed by atoms with Crippen LogP contribution in [0, 0.1) is 5.92 Å². The number of carbonyl (C=O) groups is 1. The minimum atomic E-state index is 0.168. The van der Waals surface area contributed by atoms with Crippen LogP contribution < -0.4 is 0 Å². The smallest absolute Gasteiger partial charge is 0.231 e. The summed E-state index contributed by atoms with van der Waals surface area (Å²) >= 11 is 0. The van der Waals surface area contributed by atoms with Crippen molar-refractivity contribution >= 4 is 5.91 Å².